The molecule has 0 saturated carbocycles. The van der Waals surface area contributed by atoms with Crippen molar-refractivity contribution in [2.45, 2.75) is 12.0 Å². The van der Waals surface area contributed by atoms with Crippen molar-refractivity contribution in [2.75, 3.05) is 47.9 Å². The number of anilines is 1. The highest BCUT2D eigenvalue weighted by Gasteiger charge is 2.44. The van der Waals surface area contributed by atoms with Crippen molar-refractivity contribution in [2.24, 2.45) is 0 Å². The van der Waals surface area contributed by atoms with Crippen molar-refractivity contribution in [1.29, 1.82) is 0 Å². The molecule has 10 heteroatoms. The Labute approximate surface area is 215 Å². The summed E-state index contributed by atoms with van der Waals surface area (Å²) in [6.07, 6.45) is 3.29. The minimum Gasteiger partial charge on any atom is -0.493 e. The molecular formula is C27H29N3O7. The molecule has 194 valence electrons. The summed E-state index contributed by atoms with van der Waals surface area (Å²) in [5.74, 6) is 0.591. The van der Waals surface area contributed by atoms with E-state index in [1.165, 1.54) is 35.5 Å². The van der Waals surface area contributed by atoms with Crippen LogP contribution < -0.4 is 29.0 Å². The van der Waals surface area contributed by atoms with Gasteiger partial charge in [-0.1, -0.05) is 6.07 Å². The molecule has 2 aromatic carbocycles. The van der Waals surface area contributed by atoms with Crippen LogP contribution in [-0.2, 0) is 4.79 Å². The summed E-state index contributed by atoms with van der Waals surface area (Å²) in [6.45, 7) is 0. The molecule has 2 amide bonds. The molecule has 0 saturated heterocycles. The number of ether oxygens (including phenoxy) is 5. The van der Waals surface area contributed by atoms with E-state index in [9.17, 15) is 9.59 Å². The number of rotatable bonds is 8. The molecule has 0 unspecified atom stereocenters. The number of benzene rings is 2. The number of amides is 2. The second-order valence-electron chi connectivity index (χ2n) is 8.32. The number of pyridine rings is 1. The van der Waals surface area contributed by atoms with Gasteiger partial charge in [-0.2, -0.15) is 0 Å². The molecule has 3 aromatic rings. The van der Waals surface area contributed by atoms with Gasteiger partial charge in [-0.05, 0) is 29.3 Å². The van der Waals surface area contributed by atoms with Crippen LogP contribution in [0.4, 0.5) is 5.69 Å². The van der Waals surface area contributed by atoms with Crippen LogP contribution >= 0.6 is 0 Å². The van der Waals surface area contributed by atoms with E-state index in [0.29, 0.717) is 51.1 Å². The molecule has 10 nitrogen and oxygen atoms in total. The van der Waals surface area contributed by atoms with Crippen LogP contribution in [0.3, 0.4) is 0 Å². The van der Waals surface area contributed by atoms with E-state index < -0.39 is 12.0 Å². The molecule has 1 aliphatic heterocycles. The Balaban J connectivity index is 1.86. The lowest BCUT2D eigenvalue weighted by Crippen LogP contribution is -2.44. The highest BCUT2D eigenvalue weighted by molar-refractivity contribution is 6.05. The van der Waals surface area contributed by atoms with Gasteiger partial charge in [0.1, 0.15) is 0 Å². The van der Waals surface area contributed by atoms with Crippen LogP contribution in [0.5, 0.6) is 28.7 Å². The van der Waals surface area contributed by atoms with E-state index in [0.717, 1.165) is 0 Å². The third kappa shape index (κ3) is 4.57. The van der Waals surface area contributed by atoms with Gasteiger partial charge >= 0.3 is 0 Å². The number of hydrogen-bond donors (Lipinski definition) is 1. The van der Waals surface area contributed by atoms with Crippen molar-refractivity contribution >= 4 is 17.5 Å². The maximum absolute atomic E-state index is 14.0. The minimum atomic E-state index is -0.805. The molecule has 0 fully saturated rings. The number of carbonyl (C=O) groups excluding carboxylic acids is 2. The quantitative estimate of drug-likeness (QED) is 0.492. The Morgan fingerprint density at radius 1 is 0.892 bits per heavy atom. The summed E-state index contributed by atoms with van der Waals surface area (Å²) in [5.41, 5.74) is 2.01. The first-order valence-corrected chi connectivity index (χ1v) is 11.4. The number of hydrogen-bond acceptors (Lipinski definition) is 8. The molecule has 37 heavy (non-hydrogen) atoms. The predicted molar refractivity (Wildman–Crippen MR) is 136 cm³/mol. The number of carbonyl (C=O) groups is 2. The molecule has 0 bridgehead atoms. The summed E-state index contributed by atoms with van der Waals surface area (Å²) in [6, 6.07) is 9.55. The Hall–Kier alpha value is -4.47. The van der Waals surface area contributed by atoms with Crippen LogP contribution in [0, 0.1) is 0 Å². The van der Waals surface area contributed by atoms with Gasteiger partial charge in [0.2, 0.25) is 11.7 Å². The Morgan fingerprint density at radius 3 is 2.05 bits per heavy atom. The number of aromatic nitrogens is 1. The highest BCUT2D eigenvalue weighted by atomic mass is 16.5. The van der Waals surface area contributed by atoms with Crippen molar-refractivity contribution in [1.82, 2.24) is 9.88 Å². The largest absolute Gasteiger partial charge is 0.493 e. The van der Waals surface area contributed by atoms with Gasteiger partial charge in [-0.25, -0.2) is 0 Å². The molecule has 1 aliphatic rings. The number of nitrogens with zero attached hydrogens (tertiary/aromatic N) is 2. The number of methoxy groups -OCH3 is 5. The maximum atomic E-state index is 14.0. The molecule has 1 N–H and O–H groups in total. The van der Waals surface area contributed by atoms with Crippen molar-refractivity contribution < 1.29 is 33.3 Å². The first-order valence-electron chi connectivity index (χ1n) is 11.4. The van der Waals surface area contributed by atoms with Crippen LogP contribution in [-0.4, -0.2) is 64.3 Å². The summed E-state index contributed by atoms with van der Waals surface area (Å²) >= 11 is 0. The van der Waals surface area contributed by atoms with Crippen LogP contribution in [0.25, 0.3) is 0 Å². The Bertz CT molecular complexity index is 1290. The third-order valence-corrected chi connectivity index (χ3v) is 6.42. The maximum Gasteiger partial charge on any atom is 0.254 e. The van der Waals surface area contributed by atoms with Crippen LogP contribution in [0.15, 0.2) is 48.8 Å². The summed E-state index contributed by atoms with van der Waals surface area (Å²) in [4.78, 5) is 33.2. The van der Waals surface area contributed by atoms with Gasteiger partial charge in [0.25, 0.3) is 5.91 Å². The average Bonchev–Trinajstić information content (AvgIpc) is 2.93. The fourth-order valence-corrected chi connectivity index (χ4v) is 4.67. The molecule has 2 atom stereocenters. The van der Waals surface area contributed by atoms with Crippen molar-refractivity contribution in [3.63, 3.8) is 0 Å². The molecule has 0 aliphatic carbocycles. The van der Waals surface area contributed by atoms with E-state index in [1.54, 1.807) is 54.7 Å². The molecular weight excluding hydrogens is 478 g/mol. The second-order valence-corrected chi connectivity index (χ2v) is 8.32. The van der Waals surface area contributed by atoms with Crippen LogP contribution in [0.2, 0.25) is 0 Å². The monoisotopic (exact) mass is 507 g/mol. The SMILES string of the molecule is COc1cc2c(cc1OC)[C@H](C(=O)Nc1cc(OC)c(OC)c(OC)c1)[C@@H](c1cccnc1)N(C)C2=O. The van der Waals surface area contributed by atoms with Crippen molar-refractivity contribution in [3.05, 3.63) is 65.5 Å². The number of fused-ring (bicyclic) bond motifs is 1. The predicted octanol–water partition coefficient (Wildman–Crippen LogP) is 3.67. The number of nitrogens with one attached hydrogen (secondary N) is 1. The zero-order valence-electron chi connectivity index (χ0n) is 21.5. The average molecular weight is 508 g/mol. The molecule has 2 heterocycles. The first-order chi connectivity index (χ1) is 17.9. The zero-order valence-corrected chi connectivity index (χ0v) is 21.5. The van der Waals surface area contributed by atoms with E-state index in [-0.39, 0.29) is 11.8 Å². The molecule has 4 rings (SSSR count). The lowest BCUT2D eigenvalue weighted by atomic mass is 9.79. The highest BCUT2D eigenvalue weighted by Crippen LogP contribution is 2.46. The second kappa shape index (κ2) is 10.7. The normalized spacial score (nSPS) is 16.5. The fraction of sp³-hybridized carbons (Fsp3) is 0.296. The summed E-state index contributed by atoms with van der Waals surface area (Å²) < 4.78 is 27.2. The zero-order chi connectivity index (χ0) is 26.7. The van der Waals surface area contributed by atoms with E-state index >= 15 is 0 Å². The third-order valence-electron chi connectivity index (χ3n) is 6.42. The van der Waals surface area contributed by atoms with E-state index in [1.807, 2.05) is 6.07 Å². The van der Waals surface area contributed by atoms with E-state index in [2.05, 4.69) is 10.3 Å². The first kappa shape index (κ1) is 25.6. The van der Waals surface area contributed by atoms with Gasteiger partial charge in [0.05, 0.1) is 47.5 Å². The smallest absolute Gasteiger partial charge is 0.254 e. The number of likely N-dealkylation sites (N-methyl/N-ethyl adjacent to an activating group) is 1. The van der Waals surface area contributed by atoms with Gasteiger partial charge in [0.15, 0.2) is 23.0 Å². The lowest BCUT2D eigenvalue weighted by molar-refractivity contribution is -0.119. The Kier molecular flexibility index (Phi) is 7.37. The fourth-order valence-electron chi connectivity index (χ4n) is 4.67. The molecule has 0 radical (unpaired) electrons. The van der Waals surface area contributed by atoms with Crippen LogP contribution in [0.1, 0.15) is 33.4 Å². The summed E-state index contributed by atoms with van der Waals surface area (Å²) in [5, 5.41) is 2.97. The van der Waals surface area contributed by atoms with E-state index in [4.69, 9.17) is 23.7 Å². The van der Waals surface area contributed by atoms with Gasteiger partial charge in [-0.15, -0.1) is 0 Å². The van der Waals surface area contributed by atoms with Gasteiger partial charge in [0, 0.05) is 42.8 Å². The minimum absolute atomic E-state index is 0.248. The standard InChI is InChI=1S/C27H29N3O7/c1-30-24(15-8-7-9-28-14-15)23(17-12-19(33-2)20(34-3)13-18(17)27(30)32)26(31)29-16-10-21(35-4)25(37-6)22(11-16)36-5/h7-14,23-24H,1-6H3,(H,29,31)/t23-,24+/m0/s1. The summed E-state index contributed by atoms with van der Waals surface area (Å²) in [7, 11) is 9.17. The molecule has 0 spiro atoms. The van der Waals surface area contributed by atoms with Crippen molar-refractivity contribution in [3.8, 4) is 28.7 Å². The van der Waals surface area contributed by atoms with Gasteiger partial charge in [-0.3, -0.25) is 14.6 Å². The lowest BCUT2D eigenvalue weighted by Gasteiger charge is -2.40. The Morgan fingerprint density at radius 2 is 1.51 bits per heavy atom. The topological polar surface area (TPSA) is 108 Å². The van der Waals surface area contributed by atoms with Gasteiger partial charge < -0.3 is 33.9 Å². The molecule has 1 aromatic heterocycles.